The fraction of sp³-hybridized carbons (Fsp3) is 0.250. The first-order chi connectivity index (χ1) is 6.60. The summed E-state index contributed by atoms with van der Waals surface area (Å²) in [5.74, 6) is 0.0274. The van der Waals surface area contributed by atoms with Crippen LogP contribution in [0.3, 0.4) is 0 Å². The molecule has 0 N–H and O–H groups in total. The second-order valence-electron chi connectivity index (χ2n) is 2.33. The molecule has 0 fully saturated rings. The van der Waals surface area contributed by atoms with Gasteiger partial charge in [-0.25, -0.2) is 13.8 Å². The molecule has 0 atom stereocenters. The Morgan fingerprint density at radius 2 is 2.29 bits per heavy atom. The largest absolute Gasteiger partial charge is 0.493 e. The maximum Gasteiger partial charge on any atom is 0.267 e. The topological polar surface area (TPSA) is 45.9 Å². The molecule has 0 aliphatic rings. The molecular weight excluding hydrogens is 305 g/mol. The van der Waals surface area contributed by atoms with E-state index < -0.39 is 6.43 Å². The predicted molar refractivity (Wildman–Crippen MR) is 53.2 cm³/mol. The summed E-state index contributed by atoms with van der Waals surface area (Å²) in [5.41, 5.74) is -0.339. The molecule has 1 aromatic heterocycles. The van der Waals surface area contributed by atoms with E-state index in [-0.39, 0.29) is 20.7 Å². The lowest BCUT2D eigenvalue weighted by Crippen LogP contribution is -1.99. The number of hydrogen-bond donors (Lipinski definition) is 0. The lowest BCUT2D eigenvalue weighted by Gasteiger charge is -2.08. The van der Waals surface area contributed by atoms with Crippen molar-refractivity contribution in [3.63, 3.8) is 0 Å². The van der Waals surface area contributed by atoms with E-state index in [1.807, 2.05) is 0 Å². The SMILES string of the molecule is COc1c(C(F)F)cc(C#N)nc1I. The van der Waals surface area contributed by atoms with Gasteiger partial charge in [0.2, 0.25) is 0 Å². The normalized spacial score (nSPS) is 10.0. The summed E-state index contributed by atoms with van der Waals surface area (Å²) in [4.78, 5) is 3.77. The second kappa shape index (κ2) is 4.50. The van der Waals surface area contributed by atoms with Gasteiger partial charge in [0.05, 0.1) is 12.7 Å². The summed E-state index contributed by atoms with van der Waals surface area (Å²) >= 11 is 1.75. The molecule has 0 aliphatic carbocycles. The minimum Gasteiger partial charge on any atom is -0.493 e. The van der Waals surface area contributed by atoms with Gasteiger partial charge < -0.3 is 4.74 Å². The van der Waals surface area contributed by atoms with E-state index in [2.05, 4.69) is 4.98 Å². The number of rotatable bonds is 2. The first-order valence-electron chi connectivity index (χ1n) is 3.52. The van der Waals surface area contributed by atoms with Crippen molar-refractivity contribution in [2.24, 2.45) is 0 Å². The number of nitriles is 1. The average molecular weight is 310 g/mol. The molecule has 1 heterocycles. The van der Waals surface area contributed by atoms with E-state index >= 15 is 0 Å². The number of methoxy groups -OCH3 is 1. The highest BCUT2D eigenvalue weighted by atomic mass is 127. The van der Waals surface area contributed by atoms with E-state index in [0.29, 0.717) is 0 Å². The Balaban J connectivity index is 3.37. The van der Waals surface area contributed by atoms with E-state index in [1.54, 1.807) is 28.7 Å². The van der Waals surface area contributed by atoms with Gasteiger partial charge in [0, 0.05) is 0 Å². The highest BCUT2D eigenvalue weighted by molar-refractivity contribution is 14.1. The number of ether oxygens (including phenoxy) is 1. The zero-order valence-corrected chi connectivity index (χ0v) is 9.25. The maximum absolute atomic E-state index is 12.5. The fourth-order valence-electron chi connectivity index (χ4n) is 0.942. The Morgan fingerprint density at radius 1 is 1.64 bits per heavy atom. The molecule has 0 aromatic carbocycles. The third-order valence-corrected chi connectivity index (χ3v) is 2.25. The third-order valence-electron chi connectivity index (χ3n) is 1.51. The zero-order valence-electron chi connectivity index (χ0n) is 7.09. The van der Waals surface area contributed by atoms with Crippen molar-refractivity contribution < 1.29 is 13.5 Å². The van der Waals surface area contributed by atoms with Crippen LogP contribution in [0, 0.1) is 15.0 Å². The molecule has 0 spiro atoms. The molecule has 0 amide bonds. The number of halogens is 3. The van der Waals surface area contributed by atoms with Gasteiger partial charge in [0.1, 0.15) is 15.5 Å². The molecule has 6 heteroatoms. The first-order valence-corrected chi connectivity index (χ1v) is 4.60. The summed E-state index contributed by atoms with van der Waals surface area (Å²) in [6, 6.07) is 2.74. The molecule has 1 rings (SSSR count). The molecule has 74 valence electrons. The Morgan fingerprint density at radius 3 is 2.71 bits per heavy atom. The van der Waals surface area contributed by atoms with Gasteiger partial charge in [-0.1, -0.05) is 0 Å². The molecule has 1 aromatic rings. The van der Waals surface area contributed by atoms with E-state index in [9.17, 15) is 8.78 Å². The Labute approximate surface area is 92.8 Å². The van der Waals surface area contributed by atoms with Gasteiger partial charge in [-0.3, -0.25) is 0 Å². The van der Waals surface area contributed by atoms with Gasteiger partial charge in [-0.15, -0.1) is 0 Å². The van der Waals surface area contributed by atoms with Crippen LogP contribution in [0.25, 0.3) is 0 Å². The first kappa shape index (κ1) is 11.1. The number of hydrogen-bond acceptors (Lipinski definition) is 3. The Hall–Kier alpha value is -0.970. The van der Waals surface area contributed by atoms with Crippen LogP contribution in [0.1, 0.15) is 17.7 Å². The van der Waals surface area contributed by atoms with E-state index in [0.717, 1.165) is 6.07 Å². The van der Waals surface area contributed by atoms with Crippen LogP contribution < -0.4 is 4.74 Å². The number of aromatic nitrogens is 1. The average Bonchev–Trinajstić information content (AvgIpc) is 2.16. The van der Waals surface area contributed by atoms with Crippen molar-refractivity contribution in [1.82, 2.24) is 4.98 Å². The Kier molecular flexibility index (Phi) is 3.57. The molecule has 0 saturated heterocycles. The highest BCUT2D eigenvalue weighted by Gasteiger charge is 2.18. The molecule has 0 unspecified atom stereocenters. The monoisotopic (exact) mass is 310 g/mol. The molecular formula is C8H5F2IN2O. The number of pyridine rings is 1. The molecule has 0 bridgehead atoms. The lowest BCUT2D eigenvalue weighted by molar-refractivity contribution is 0.146. The standard InChI is InChI=1S/C8H5F2IN2O/c1-14-6-5(7(9)10)2-4(3-12)13-8(6)11/h2,7H,1H3. The summed E-state index contributed by atoms with van der Waals surface area (Å²) in [5, 5.41) is 8.53. The smallest absolute Gasteiger partial charge is 0.267 e. The van der Waals surface area contributed by atoms with Crippen LogP contribution >= 0.6 is 22.6 Å². The van der Waals surface area contributed by atoms with Crippen molar-refractivity contribution in [2.45, 2.75) is 6.43 Å². The molecule has 0 saturated carbocycles. The van der Waals surface area contributed by atoms with Gasteiger partial charge in [0.15, 0.2) is 5.75 Å². The second-order valence-corrected chi connectivity index (χ2v) is 3.36. The molecule has 3 nitrogen and oxygen atoms in total. The summed E-state index contributed by atoms with van der Waals surface area (Å²) in [6.07, 6.45) is -2.67. The summed E-state index contributed by atoms with van der Waals surface area (Å²) < 4.78 is 30.0. The van der Waals surface area contributed by atoms with Crippen LogP contribution in [0.2, 0.25) is 0 Å². The molecule has 0 radical (unpaired) electrons. The van der Waals surface area contributed by atoms with Crippen LogP contribution in [-0.2, 0) is 0 Å². The zero-order chi connectivity index (χ0) is 10.7. The van der Waals surface area contributed by atoms with Crippen LogP contribution in [0.5, 0.6) is 5.75 Å². The summed E-state index contributed by atoms with van der Waals surface area (Å²) in [7, 11) is 1.29. The highest BCUT2D eigenvalue weighted by Crippen LogP contribution is 2.32. The van der Waals surface area contributed by atoms with Crippen LogP contribution in [0.15, 0.2) is 6.07 Å². The van der Waals surface area contributed by atoms with Crippen molar-refractivity contribution in [1.29, 1.82) is 5.26 Å². The quantitative estimate of drug-likeness (QED) is 0.623. The number of nitrogens with zero attached hydrogens (tertiary/aromatic N) is 2. The fourth-order valence-corrected chi connectivity index (χ4v) is 1.73. The minimum atomic E-state index is -2.67. The van der Waals surface area contributed by atoms with Gasteiger partial charge in [-0.05, 0) is 28.7 Å². The molecule has 0 aliphatic heterocycles. The van der Waals surface area contributed by atoms with Gasteiger partial charge >= 0.3 is 0 Å². The van der Waals surface area contributed by atoms with Gasteiger partial charge in [-0.2, -0.15) is 5.26 Å². The number of alkyl halides is 2. The van der Waals surface area contributed by atoms with Crippen LogP contribution in [-0.4, -0.2) is 12.1 Å². The summed E-state index contributed by atoms with van der Waals surface area (Å²) in [6.45, 7) is 0. The third kappa shape index (κ3) is 2.09. The molecule has 14 heavy (non-hydrogen) atoms. The van der Waals surface area contributed by atoms with Crippen molar-refractivity contribution >= 4 is 22.6 Å². The predicted octanol–water partition coefficient (Wildman–Crippen LogP) is 2.50. The minimum absolute atomic E-state index is 0.0274. The van der Waals surface area contributed by atoms with Crippen molar-refractivity contribution in [2.75, 3.05) is 7.11 Å². The van der Waals surface area contributed by atoms with Crippen molar-refractivity contribution in [3.05, 3.63) is 21.0 Å². The maximum atomic E-state index is 12.5. The van der Waals surface area contributed by atoms with Crippen LogP contribution in [0.4, 0.5) is 8.78 Å². The van der Waals surface area contributed by atoms with E-state index in [1.165, 1.54) is 7.11 Å². The lowest BCUT2D eigenvalue weighted by atomic mass is 10.2. The Bertz CT molecular complexity index is 390. The van der Waals surface area contributed by atoms with E-state index in [4.69, 9.17) is 10.00 Å². The van der Waals surface area contributed by atoms with Gasteiger partial charge in [0.25, 0.3) is 6.43 Å². The van der Waals surface area contributed by atoms with Crippen molar-refractivity contribution in [3.8, 4) is 11.8 Å².